The van der Waals surface area contributed by atoms with Crippen molar-refractivity contribution in [1.82, 2.24) is 15.3 Å². The molecule has 2 heterocycles. The molecular weight excluding hydrogens is 749 g/mol. The second kappa shape index (κ2) is 20.3. The number of benzene rings is 2. The van der Waals surface area contributed by atoms with Gasteiger partial charge in [-0.25, -0.2) is 14.4 Å². The Labute approximate surface area is 309 Å². The minimum atomic E-state index is -5.19. The molecule has 302 valence electrons. The van der Waals surface area contributed by atoms with Crippen LogP contribution in [-0.2, 0) is 25.6 Å². The number of alkyl halides is 6. The zero-order valence-electron chi connectivity index (χ0n) is 29.9. The molecule has 1 unspecified atom stereocenters. The Morgan fingerprint density at radius 1 is 0.964 bits per heavy atom. The van der Waals surface area contributed by atoms with Gasteiger partial charge in [0.2, 0.25) is 5.91 Å². The van der Waals surface area contributed by atoms with Gasteiger partial charge in [0.05, 0.1) is 13.5 Å². The smallest absolute Gasteiger partial charge is 0.430 e. The first-order chi connectivity index (χ1) is 25.6. The quantitative estimate of drug-likeness (QED) is 0.0722. The summed E-state index contributed by atoms with van der Waals surface area (Å²) >= 11 is 0. The maximum Gasteiger partial charge on any atom is 0.430 e. The van der Waals surface area contributed by atoms with Crippen LogP contribution < -0.4 is 36.7 Å². The molecule has 0 saturated heterocycles. The standard InChI is InChI=1S/C31H39FN6O3.2C2HF3O2/c1-4-20(39)8-6-5-7-9-27(31-35-17-28(38-31)22-12-10-19(32)14-25(22)30(33)34)37-29(40)16-23-18(2)36-26-13-11-21(41-3)15-24(23)26;2*3-2(4,5)1(6)7/h10-15,17,27,30,36H,4-9,16,33-34H2,1-3H3,(H,35,38)(H,37,40);2*(H,6,7)/t27-;;/m0../s1. The summed E-state index contributed by atoms with van der Waals surface area (Å²) in [5, 5.41) is 21.7. The molecule has 20 heteroatoms. The van der Waals surface area contributed by atoms with Gasteiger partial charge in [-0.1, -0.05) is 19.8 Å². The molecule has 0 fully saturated rings. The van der Waals surface area contributed by atoms with Crippen molar-refractivity contribution in [1.29, 1.82) is 0 Å². The number of ether oxygens (including phenoxy) is 1. The van der Waals surface area contributed by atoms with E-state index in [4.69, 9.17) is 30.3 Å². The summed E-state index contributed by atoms with van der Waals surface area (Å²) in [5.74, 6) is -4.79. The molecule has 1 amide bonds. The van der Waals surface area contributed by atoms with Crippen LogP contribution in [0, 0.1) is 12.7 Å². The van der Waals surface area contributed by atoms with E-state index < -0.39 is 30.5 Å². The Balaban J connectivity index is 0.000000633. The van der Waals surface area contributed by atoms with Gasteiger partial charge >= 0.3 is 12.4 Å². The minimum Gasteiger partial charge on any atom is -0.542 e. The fourth-order valence-corrected chi connectivity index (χ4v) is 5.22. The molecule has 0 aliphatic heterocycles. The van der Waals surface area contributed by atoms with Crippen molar-refractivity contribution in [3.8, 4) is 17.0 Å². The molecule has 2 atom stereocenters. The van der Waals surface area contributed by atoms with Crippen LogP contribution >= 0.6 is 0 Å². The Bertz CT molecular complexity index is 1900. The average Bonchev–Trinajstić information content (AvgIpc) is 3.71. The molecule has 2 aromatic carbocycles. The fourth-order valence-electron chi connectivity index (χ4n) is 5.22. The van der Waals surface area contributed by atoms with E-state index in [1.165, 1.54) is 12.1 Å². The van der Waals surface area contributed by atoms with Gasteiger partial charge in [0, 0.05) is 40.6 Å². The largest absolute Gasteiger partial charge is 0.542 e. The van der Waals surface area contributed by atoms with Gasteiger partial charge in [-0.15, -0.1) is 0 Å². The number of H-pyrrole nitrogens is 3. The number of hydrogen-bond donors (Lipinski definition) is 5. The number of amides is 1. The van der Waals surface area contributed by atoms with Gasteiger partial charge in [-0.2, -0.15) is 26.3 Å². The second-order valence-electron chi connectivity index (χ2n) is 12.1. The summed E-state index contributed by atoms with van der Waals surface area (Å²) < 4.78 is 82.4. The van der Waals surface area contributed by atoms with Crippen LogP contribution in [0.2, 0.25) is 0 Å². The van der Waals surface area contributed by atoms with E-state index in [1.54, 1.807) is 19.4 Å². The number of aromatic amines is 3. The number of carboxylic acids is 2. The third-order valence-electron chi connectivity index (χ3n) is 8.00. The highest BCUT2D eigenvalue weighted by molar-refractivity contribution is 5.91. The Morgan fingerprint density at radius 3 is 2.13 bits per heavy atom. The normalized spacial score (nSPS) is 12.4. The number of aromatic nitrogens is 3. The molecule has 0 radical (unpaired) electrons. The number of Topliss-reactive ketones (excluding diaryl/α,β-unsaturated/α-hetero) is 1. The van der Waals surface area contributed by atoms with E-state index in [2.05, 4.69) is 26.0 Å². The highest BCUT2D eigenvalue weighted by Crippen LogP contribution is 2.29. The van der Waals surface area contributed by atoms with E-state index in [9.17, 15) is 40.3 Å². The number of methoxy groups -OCH3 is 1. The SMILES string of the molecule is CCC(=O)CCCCC[C@H](NC(=O)Cc1c(C)[nH]c2ccc(OC)cc12)c1[nH]c(-c2ccc(F)cc2C(N)[NH3+])c[nH+]1.O=C([O-])C(F)(F)F.O=C([O-])C(F)(F)F. The van der Waals surface area contributed by atoms with E-state index in [-0.39, 0.29) is 30.0 Å². The molecule has 0 bridgehead atoms. The van der Waals surface area contributed by atoms with Crippen LogP contribution in [-0.4, -0.2) is 53.1 Å². The molecule has 4 aromatic rings. The van der Waals surface area contributed by atoms with Gasteiger partial charge in [0.1, 0.15) is 41.5 Å². The lowest BCUT2D eigenvalue weighted by molar-refractivity contribution is -0.424. The minimum absolute atomic E-state index is 0.116. The summed E-state index contributed by atoms with van der Waals surface area (Å²) in [6.45, 7) is 3.84. The highest BCUT2D eigenvalue weighted by Gasteiger charge is 2.30. The summed E-state index contributed by atoms with van der Waals surface area (Å²) in [6, 6.07) is 9.90. The third-order valence-corrected chi connectivity index (χ3v) is 8.00. The number of nitrogens with two attached hydrogens (primary N) is 1. The third kappa shape index (κ3) is 14.3. The summed E-state index contributed by atoms with van der Waals surface area (Å²) in [7, 11) is 1.62. The molecule has 9 N–H and O–H groups in total. The van der Waals surface area contributed by atoms with E-state index in [0.717, 1.165) is 64.3 Å². The van der Waals surface area contributed by atoms with E-state index in [0.29, 0.717) is 24.8 Å². The van der Waals surface area contributed by atoms with Crippen LogP contribution in [0.5, 0.6) is 5.75 Å². The molecule has 2 aromatic heterocycles. The molecule has 0 aliphatic carbocycles. The predicted octanol–water partition coefficient (Wildman–Crippen LogP) is 2.56. The Morgan fingerprint density at radius 2 is 1.58 bits per heavy atom. The number of hydrogen-bond acceptors (Lipinski definition) is 8. The van der Waals surface area contributed by atoms with Crippen molar-refractivity contribution in [3.63, 3.8) is 0 Å². The zero-order chi connectivity index (χ0) is 41.7. The number of aryl methyl sites for hydroxylation is 1. The molecular formula is C35H41F7N6O7. The van der Waals surface area contributed by atoms with Crippen molar-refractivity contribution >= 4 is 34.5 Å². The van der Waals surface area contributed by atoms with Crippen molar-refractivity contribution in [2.75, 3.05) is 7.11 Å². The summed E-state index contributed by atoms with van der Waals surface area (Å²) in [6.07, 6.45) is -4.65. The molecule has 4 rings (SSSR count). The van der Waals surface area contributed by atoms with Crippen LogP contribution in [0.1, 0.15) is 80.3 Å². The van der Waals surface area contributed by atoms with Gasteiger partial charge in [0.15, 0.2) is 11.9 Å². The highest BCUT2D eigenvalue weighted by atomic mass is 19.4. The first-order valence-electron chi connectivity index (χ1n) is 16.6. The monoisotopic (exact) mass is 790 g/mol. The number of nitrogens with one attached hydrogen (secondary N) is 4. The Kier molecular flexibility index (Phi) is 16.8. The van der Waals surface area contributed by atoms with E-state index >= 15 is 0 Å². The summed E-state index contributed by atoms with van der Waals surface area (Å²) in [5.41, 5.74) is 14.7. The van der Waals surface area contributed by atoms with Gasteiger partial charge < -0.3 is 40.6 Å². The number of rotatable bonds is 14. The number of aliphatic carboxylic acids is 2. The van der Waals surface area contributed by atoms with E-state index in [1.807, 2.05) is 32.0 Å². The lowest BCUT2D eigenvalue weighted by Crippen LogP contribution is -2.58. The van der Waals surface area contributed by atoms with Crippen LogP contribution in [0.3, 0.4) is 0 Å². The molecule has 0 spiro atoms. The number of imidazole rings is 1. The second-order valence-corrected chi connectivity index (χ2v) is 12.1. The van der Waals surface area contributed by atoms with Crippen molar-refractivity contribution in [2.45, 2.75) is 83.4 Å². The lowest BCUT2D eigenvalue weighted by Gasteiger charge is -2.14. The molecule has 55 heavy (non-hydrogen) atoms. The van der Waals surface area contributed by atoms with Gasteiger partial charge in [-0.05, 0) is 61.7 Å². The fraction of sp³-hybridized carbons (Fsp3) is 0.400. The molecule has 0 aliphatic rings. The number of carboxylic acid groups (broad SMARTS) is 2. The zero-order valence-corrected chi connectivity index (χ0v) is 29.9. The van der Waals surface area contributed by atoms with Gasteiger partial charge in [-0.3, -0.25) is 15.3 Å². The number of quaternary nitrogens is 1. The number of carbonyl (C=O) groups excluding carboxylic acids is 4. The van der Waals surface area contributed by atoms with Crippen LogP contribution in [0.4, 0.5) is 30.7 Å². The van der Waals surface area contributed by atoms with Crippen LogP contribution in [0.25, 0.3) is 22.2 Å². The number of unbranched alkanes of at least 4 members (excludes halogenated alkanes) is 2. The number of fused-ring (bicyclic) bond motifs is 1. The van der Waals surface area contributed by atoms with Crippen LogP contribution in [0.15, 0.2) is 42.6 Å². The average molecular weight is 791 g/mol. The van der Waals surface area contributed by atoms with Crippen molar-refractivity contribution < 1.29 is 75.6 Å². The van der Waals surface area contributed by atoms with Crippen molar-refractivity contribution in [3.05, 3.63) is 71.1 Å². The predicted molar refractivity (Wildman–Crippen MR) is 177 cm³/mol. The first kappa shape index (κ1) is 45.7. The summed E-state index contributed by atoms with van der Waals surface area (Å²) in [4.78, 5) is 52.7. The van der Waals surface area contributed by atoms with Crippen molar-refractivity contribution in [2.24, 2.45) is 5.73 Å². The molecule has 13 nitrogen and oxygen atoms in total. The maximum atomic E-state index is 13.9. The number of halogens is 7. The molecule has 0 saturated carbocycles. The number of carbonyl (C=O) groups is 4. The lowest BCUT2D eigenvalue weighted by atomic mass is 10.0. The Hall–Kier alpha value is -5.50. The first-order valence-corrected chi connectivity index (χ1v) is 16.6. The maximum absolute atomic E-state index is 13.9. The number of ketones is 1. The topological polar surface area (TPSA) is 235 Å². The van der Waals surface area contributed by atoms with Gasteiger partial charge in [0.25, 0.3) is 5.82 Å².